The number of hydrogen-bond donors (Lipinski definition) is 2. The summed E-state index contributed by atoms with van der Waals surface area (Å²) in [7, 11) is 2.03. The van der Waals surface area contributed by atoms with Crippen LogP contribution in [0, 0.1) is 5.92 Å². The van der Waals surface area contributed by atoms with Crippen LogP contribution in [0.3, 0.4) is 0 Å². The zero-order valence-electron chi connectivity index (χ0n) is 7.25. The molecule has 0 aromatic rings. The van der Waals surface area contributed by atoms with Crippen LogP contribution in [-0.4, -0.2) is 18.3 Å². The van der Waals surface area contributed by atoms with Crippen molar-refractivity contribution in [3.8, 4) is 0 Å². The lowest BCUT2D eigenvalue weighted by molar-refractivity contribution is 0.431. The first-order valence-electron chi connectivity index (χ1n) is 4.26. The lowest BCUT2D eigenvalue weighted by Gasteiger charge is -2.26. The fraction of sp³-hybridized carbons (Fsp3) is 0.778. The lowest BCUT2D eigenvalue weighted by Crippen LogP contribution is -2.31. The quantitative estimate of drug-likeness (QED) is 0.477. The van der Waals surface area contributed by atoms with Crippen molar-refractivity contribution in [1.82, 2.24) is 5.32 Å². The van der Waals surface area contributed by atoms with Gasteiger partial charge in [-0.3, -0.25) is 0 Å². The van der Waals surface area contributed by atoms with Gasteiger partial charge in [0.15, 0.2) is 0 Å². The van der Waals surface area contributed by atoms with Gasteiger partial charge in [0, 0.05) is 11.3 Å². The Hall–Kier alpha value is 0.0500. The highest BCUT2D eigenvalue weighted by molar-refractivity contribution is 7.80. The predicted molar refractivity (Wildman–Crippen MR) is 53.2 cm³/mol. The summed E-state index contributed by atoms with van der Waals surface area (Å²) in [4.78, 5) is 0. The van der Waals surface area contributed by atoms with Crippen LogP contribution in [-0.2, 0) is 0 Å². The smallest absolute Gasteiger partial charge is 0.0105 e. The third-order valence-corrected chi connectivity index (χ3v) is 2.77. The van der Waals surface area contributed by atoms with Gasteiger partial charge in [0.1, 0.15) is 0 Å². The van der Waals surface area contributed by atoms with E-state index in [0.29, 0.717) is 17.2 Å². The second kappa shape index (κ2) is 4.17. The SMILES string of the molecule is CNC1CC=CC(C(C)S)C1. The van der Waals surface area contributed by atoms with Gasteiger partial charge in [-0.2, -0.15) is 12.6 Å². The van der Waals surface area contributed by atoms with Gasteiger partial charge >= 0.3 is 0 Å². The van der Waals surface area contributed by atoms with Crippen molar-refractivity contribution >= 4 is 12.6 Å². The summed E-state index contributed by atoms with van der Waals surface area (Å²) in [6.07, 6.45) is 6.97. The lowest BCUT2D eigenvalue weighted by atomic mass is 9.90. The minimum absolute atomic E-state index is 0.488. The standard InChI is InChI=1S/C9H17NS/c1-7(11)8-4-3-5-9(6-8)10-2/h3-4,7-11H,5-6H2,1-2H3. The highest BCUT2D eigenvalue weighted by Crippen LogP contribution is 2.23. The Morgan fingerprint density at radius 2 is 2.36 bits per heavy atom. The van der Waals surface area contributed by atoms with Crippen LogP contribution in [0.1, 0.15) is 19.8 Å². The first-order valence-corrected chi connectivity index (χ1v) is 4.77. The summed E-state index contributed by atoms with van der Waals surface area (Å²) in [5.74, 6) is 0.657. The molecule has 3 atom stereocenters. The molecule has 0 bridgehead atoms. The highest BCUT2D eigenvalue weighted by Gasteiger charge is 2.18. The van der Waals surface area contributed by atoms with E-state index in [1.54, 1.807) is 0 Å². The normalized spacial score (nSPS) is 33.7. The Kier molecular flexibility index (Phi) is 3.46. The molecule has 0 saturated carbocycles. The molecule has 0 fully saturated rings. The number of hydrogen-bond acceptors (Lipinski definition) is 2. The molecule has 3 unspecified atom stereocenters. The molecule has 1 aliphatic rings. The molecular formula is C9H17NS. The summed E-state index contributed by atoms with van der Waals surface area (Å²) in [6.45, 7) is 2.16. The van der Waals surface area contributed by atoms with Crippen LogP contribution in [0.5, 0.6) is 0 Å². The van der Waals surface area contributed by atoms with Gasteiger partial charge in [-0.05, 0) is 25.8 Å². The number of rotatable bonds is 2. The van der Waals surface area contributed by atoms with E-state index in [4.69, 9.17) is 0 Å². The van der Waals surface area contributed by atoms with E-state index >= 15 is 0 Å². The number of allylic oxidation sites excluding steroid dienone is 1. The van der Waals surface area contributed by atoms with Gasteiger partial charge in [-0.15, -0.1) is 0 Å². The van der Waals surface area contributed by atoms with Crippen LogP contribution in [0.2, 0.25) is 0 Å². The van der Waals surface area contributed by atoms with Gasteiger partial charge in [-0.1, -0.05) is 19.1 Å². The van der Waals surface area contributed by atoms with Crippen LogP contribution < -0.4 is 5.32 Å². The maximum atomic E-state index is 4.44. The van der Waals surface area contributed by atoms with Crippen LogP contribution in [0.25, 0.3) is 0 Å². The minimum atomic E-state index is 0.488. The zero-order chi connectivity index (χ0) is 8.27. The van der Waals surface area contributed by atoms with Crippen molar-refractivity contribution in [2.45, 2.75) is 31.1 Å². The maximum Gasteiger partial charge on any atom is 0.0105 e. The van der Waals surface area contributed by atoms with Crippen LogP contribution >= 0.6 is 12.6 Å². The first-order chi connectivity index (χ1) is 5.24. The van der Waals surface area contributed by atoms with E-state index in [2.05, 4.69) is 37.0 Å². The van der Waals surface area contributed by atoms with Crippen molar-refractivity contribution < 1.29 is 0 Å². The van der Waals surface area contributed by atoms with E-state index in [1.807, 2.05) is 7.05 Å². The fourth-order valence-corrected chi connectivity index (χ4v) is 1.74. The molecule has 0 heterocycles. The Morgan fingerprint density at radius 1 is 1.64 bits per heavy atom. The van der Waals surface area contributed by atoms with Crippen LogP contribution in [0.15, 0.2) is 12.2 Å². The van der Waals surface area contributed by atoms with E-state index in [9.17, 15) is 0 Å². The number of nitrogens with one attached hydrogen (secondary N) is 1. The topological polar surface area (TPSA) is 12.0 Å². The van der Waals surface area contributed by atoms with E-state index in [0.717, 1.165) is 0 Å². The molecule has 0 radical (unpaired) electrons. The Morgan fingerprint density at radius 3 is 2.91 bits per heavy atom. The van der Waals surface area contributed by atoms with E-state index in [1.165, 1.54) is 12.8 Å². The maximum absolute atomic E-state index is 4.44. The molecule has 1 rings (SSSR count). The summed E-state index contributed by atoms with van der Waals surface area (Å²) >= 11 is 4.44. The van der Waals surface area contributed by atoms with Crippen molar-refractivity contribution in [2.75, 3.05) is 7.05 Å². The van der Waals surface area contributed by atoms with Gasteiger partial charge in [0.2, 0.25) is 0 Å². The monoisotopic (exact) mass is 171 g/mol. The Balaban J connectivity index is 2.45. The van der Waals surface area contributed by atoms with Crippen molar-refractivity contribution in [1.29, 1.82) is 0 Å². The fourth-order valence-electron chi connectivity index (χ4n) is 1.51. The van der Waals surface area contributed by atoms with Gasteiger partial charge in [0.25, 0.3) is 0 Å². The average molecular weight is 171 g/mol. The van der Waals surface area contributed by atoms with Crippen LogP contribution in [0.4, 0.5) is 0 Å². The third kappa shape index (κ3) is 2.53. The summed E-state index contributed by atoms with van der Waals surface area (Å²) in [6, 6.07) is 0.666. The molecule has 2 heteroatoms. The molecule has 0 aliphatic heterocycles. The molecule has 0 amide bonds. The predicted octanol–water partition coefficient (Wildman–Crippen LogP) is 1.86. The largest absolute Gasteiger partial charge is 0.317 e. The highest BCUT2D eigenvalue weighted by atomic mass is 32.1. The second-order valence-corrected chi connectivity index (χ2v) is 4.10. The van der Waals surface area contributed by atoms with Gasteiger partial charge in [-0.25, -0.2) is 0 Å². The molecular weight excluding hydrogens is 154 g/mol. The molecule has 1 aliphatic carbocycles. The minimum Gasteiger partial charge on any atom is -0.317 e. The molecule has 0 saturated heterocycles. The molecule has 0 aromatic carbocycles. The van der Waals surface area contributed by atoms with Crippen molar-refractivity contribution in [3.05, 3.63) is 12.2 Å². The number of thiol groups is 1. The van der Waals surface area contributed by atoms with E-state index in [-0.39, 0.29) is 0 Å². The molecule has 0 spiro atoms. The molecule has 1 N–H and O–H groups in total. The third-order valence-electron chi connectivity index (χ3n) is 2.39. The Bertz CT molecular complexity index is 142. The van der Waals surface area contributed by atoms with Crippen molar-refractivity contribution in [2.24, 2.45) is 5.92 Å². The first kappa shape index (κ1) is 9.14. The Labute approximate surface area is 74.7 Å². The average Bonchev–Trinajstić information content (AvgIpc) is 2.05. The van der Waals surface area contributed by atoms with Gasteiger partial charge in [0.05, 0.1) is 0 Å². The summed E-state index contributed by atoms with van der Waals surface area (Å²) < 4.78 is 0. The van der Waals surface area contributed by atoms with Gasteiger partial charge < -0.3 is 5.32 Å². The summed E-state index contributed by atoms with van der Waals surface area (Å²) in [5, 5.41) is 3.79. The second-order valence-electron chi connectivity index (χ2n) is 3.29. The molecule has 0 aromatic heterocycles. The molecule has 1 nitrogen and oxygen atoms in total. The van der Waals surface area contributed by atoms with Crippen molar-refractivity contribution in [3.63, 3.8) is 0 Å². The van der Waals surface area contributed by atoms with E-state index < -0.39 is 0 Å². The zero-order valence-corrected chi connectivity index (χ0v) is 8.14. The molecule has 11 heavy (non-hydrogen) atoms. The molecule has 64 valence electrons. The summed E-state index contributed by atoms with van der Waals surface area (Å²) in [5.41, 5.74) is 0.